The van der Waals surface area contributed by atoms with Crippen molar-refractivity contribution in [1.82, 2.24) is 4.31 Å². The first-order valence-corrected chi connectivity index (χ1v) is 10.9. The van der Waals surface area contributed by atoms with Gasteiger partial charge in [-0.3, -0.25) is 14.9 Å². The first kappa shape index (κ1) is 23.3. The van der Waals surface area contributed by atoms with E-state index >= 15 is 0 Å². The number of anilines is 1. The number of sulfonamides is 1. The predicted molar refractivity (Wildman–Crippen MR) is 113 cm³/mol. The molecule has 0 unspecified atom stereocenters. The highest BCUT2D eigenvalue weighted by Crippen LogP contribution is 2.29. The minimum Gasteiger partial charge on any atom is -0.494 e. The molecule has 9 nitrogen and oxygen atoms in total. The Kier molecular flexibility index (Phi) is 7.90. The molecule has 2 rings (SSSR count). The van der Waals surface area contributed by atoms with Gasteiger partial charge in [-0.05, 0) is 43.2 Å². The average molecular weight is 436 g/mol. The summed E-state index contributed by atoms with van der Waals surface area (Å²) in [6.45, 7) is 4.69. The molecule has 1 N–H and O–H groups in total. The fourth-order valence-electron chi connectivity index (χ4n) is 2.87. The van der Waals surface area contributed by atoms with Gasteiger partial charge in [0.2, 0.25) is 10.0 Å². The van der Waals surface area contributed by atoms with Crippen molar-refractivity contribution in [3.05, 3.63) is 58.1 Å². The van der Waals surface area contributed by atoms with Gasteiger partial charge in [-0.15, -0.1) is 0 Å². The molecule has 2 aromatic rings. The second-order valence-electron chi connectivity index (χ2n) is 6.52. The summed E-state index contributed by atoms with van der Waals surface area (Å²) in [5.41, 5.74) is 0.344. The quantitative estimate of drug-likeness (QED) is 0.449. The van der Waals surface area contributed by atoms with E-state index < -0.39 is 20.9 Å². The van der Waals surface area contributed by atoms with Crippen molar-refractivity contribution in [2.75, 3.05) is 25.5 Å². The molecule has 2 aromatic carbocycles. The lowest BCUT2D eigenvalue weighted by Gasteiger charge is -2.21. The Morgan fingerprint density at radius 2 is 1.70 bits per heavy atom. The zero-order valence-corrected chi connectivity index (χ0v) is 17.9. The summed E-state index contributed by atoms with van der Waals surface area (Å²) in [6, 6.07) is 9.49. The third kappa shape index (κ3) is 5.33. The first-order chi connectivity index (χ1) is 14.2. The largest absolute Gasteiger partial charge is 0.494 e. The molecule has 0 aliphatic carbocycles. The van der Waals surface area contributed by atoms with Crippen molar-refractivity contribution in [3.8, 4) is 5.75 Å². The maximum atomic E-state index is 12.8. The van der Waals surface area contributed by atoms with E-state index in [-0.39, 0.29) is 27.6 Å². The molecule has 10 heteroatoms. The van der Waals surface area contributed by atoms with Crippen molar-refractivity contribution in [1.29, 1.82) is 0 Å². The molecule has 0 aromatic heterocycles. The molecular formula is C20H25N3O6S. The average Bonchev–Trinajstić information content (AvgIpc) is 2.73. The maximum absolute atomic E-state index is 12.8. The second kappa shape index (κ2) is 10.2. The van der Waals surface area contributed by atoms with Gasteiger partial charge < -0.3 is 10.1 Å². The van der Waals surface area contributed by atoms with E-state index in [0.29, 0.717) is 25.9 Å². The number of hydrogen-bond donors (Lipinski definition) is 1. The third-order valence-corrected chi connectivity index (χ3v) is 6.26. The number of nitrogens with one attached hydrogen (secondary N) is 1. The number of benzene rings is 2. The number of nitro groups is 1. The van der Waals surface area contributed by atoms with Gasteiger partial charge in [-0.25, -0.2) is 8.42 Å². The van der Waals surface area contributed by atoms with Crippen molar-refractivity contribution >= 4 is 27.3 Å². The van der Waals surface area contributed by atoms with Crippen molar-refractivity contribution < 1.29 is 22.9 Å². The van der Waals surface area contributed by atoms with Crippen LogP contribution in [0.5, 0.6) is 5.75 Å². The molecular weight excluding hydrogens is 410 g/mol. The lowest BCUT2D eigenvalue weighted by Crippen LogP contribution is -2.32. The number of carbonyl (C=O) groups is 1. The lowest BCUT2D eigenvalue weighted by atomic mass is 10.2. The molecule has 0 fully saturated rings. The van der Waals surface area contributed by atoms with E-state index in [2.05, 4.69) is 5.32 Å². The van der Waals surface area contributed by atoms with Crippen LogP contribution < -0.4 is 10.1 Å². The highest BCUT2D eigenvalue weighted by molar-refractivity contribution is 7.89. The summed E-state index contributed by atoms with van der Waals surface area (Å²) in [4.78, 5) is 23.0. The van der Waals surface area contributed by atoms with E-state index in [4.69, 9.17) is 4.74 Å². The third-order valence-electron chi connectivity index (χ3n) is 4.34. The Balaban J connectivity index is 2.22. The molecule has 0 atom stereocenters. The van der Waals surface area contributed by atoms with E-state index in [1.165, 1.54) is 53.9 Å². The van der Waals surface area contributed by atoms with Gasteiger partial charge in [0.05, 0.1) is 28.7 Å². The summed E-state index contributed by atoms with van der Waals surface area (Å²) in [7, 11) is -2.29. The fourth-order valence-corrected chi connectivity index (χ4v) is 4.49. The number of non-ortho nitro benzene ring substituents is 1. The molecule has 0 aliphatic heterocycles. The summed E-state index contributed by atoms with van der Waals surface area (Å²) in [5.74, 6) is -0.350. The van der Waals surface area contributed by atoms with Gasteiger partial charge >= 0.3 is 0 Å². The number of hydrogen-bond acceptors (Lipinski definition) is 6. The molecule has 0 bridgehead atoms. The maximum Gasteiger partial charge on any atom is 0.273 e. The van der Waals surface area contributed by atoms with E-state index in [0.717, 1.165) is 0 Å². The lowest BCUT2D eigenvalue weighted by molar-refractivity contribution is -0.384. The van der Waals surface area contributed by atoms with Crippen LogP contribution in [0.15, 0.2) is 47.4 Å². The van der Waals surface area contributed by atoms with Gasteiger partial charge in [-0.1, -0.05) is 13.8 Å². The standard InChI is InChI=1S/C20H25N3O6S/c1-4-12-22(13-5-2)30(27,28)17-9-6-15(7-10-17)20(24)21-18-11-8-16(23(25)26)14-19(18)29-3/h6-11,14H,4-5,12-13H2,1-3H3,(H,21,24). The van der Waals surface area contributed by atoms with Crippen LogP contribution in [0.1, 0.15) is 37.0 Å². The number of ether oxygens (including phenoxy) is 1. The smallest absolute Gasteiger partial charge is 0.273 e. The van der Waals surface area contributed by atoms with Crippen LogP contribution in [0.2, 0.25) is 0 Å². The molecule has 0 heterocycles. The van der Waals surface area contributed by atoms with E-state index in [1.54, 1.807) is 0 Å². The number of nitro benzene ring substituents is 1. The fraction of sp³-hybridized carbons (Fsp3) is 0.350. The van der Waals surface area contributed by atoms with Gasteiger partial charge in [0.1, 0.15) is 5.75 Å². The number of methoxy groups -OCH3 is 1. The minimum absolute atomic E-state index is 0.119. The summed E-state index contributed by atoms with van der Waals surface area (Å²) in [6.07, 6.45) is 1.41. The highest BCUT2D eigenvalue weighted by atomic mass is 32.2. The molecule has 0 radical (unpaired) electrons. The van der Waals surface area contributed by atoms with Crippen molar-refractivity contribution in [2.45, 2.75) is 31.6 Å². The molecule has 30 heavy (non-hydrogen) atoms. The van der Waals surface area contributed by atoms with E-state index in [9.17, 15) is 23.3 Å². The normalized spacial score (nSPS) is 11.3. The van der Waals surface area contributed by atoms with Crippen molar-refractivity contribution in [3.63, 3.8) is 0 Å². The highest BCUT2D eigenvalue weighted by Gasteiger charge is 2.23. The van der Waals surface area contributed by atoms with Crippen LogP contribution in [0.25, 0.3) is 0 Å². The Bertz CT molecular complexity index is 1000. The zero-order valence-electron chi connectivity index (χ0n) is 17.1. The monoisotopic (exact) mass is 435 g/mol. The van der Waals surface area contributed by atoms with Crippen LogP contribution in [-0.4, -0.2) is 43.8 Å². The molecule has 0 spiro atoms. The molecule has 0 aliphatic rings. The van der Waals surface area contributed by atoms with Gasteiger partial charge in [0.15, 0.2) is 0 Å². The van der Waals surface area contributed by atoms with Crippen LogP contribution in [0.4, 0.5) is 11.4 Å². The Labute approximate surface area is 175 Å². The van der Waals surface area contributed by atoms with Gasteiger partial charge in [-0.2, -0.15) is 4.31 Å². The molecule has 0 saturated heterocycles. The van der Waals surface area contributed by atoms with E-state index in [1.807, 2.05) is 13.8 Å². The predicted octanol–water partition coefficient (Wildman–Crippen LogP) is 3.67. The molecule has 0 saturated carbocycles. The zero-order chi connectivity index (χ0) is 22.3. The minimum atomic E-state index is -3.63. The van der Waals surface area contributed by atoms with Gasteiger partial charge in [0.25, 0.3) is 11.6 Å². The number of carbonyl (C=O) groups excluding carboxylic acids is 1. The molecule has 1 amide bonds. The Morgan fingerprint density at radius 3 is 2.20 bits per heavy atom. The first-order valence-electron chi connectivity index (χ1n) is 9.48. The van der Waals surface area contributed by atoms with Crippen LogP contribution >= 0.6 is 0 Å². The summed E-state index contributed by atoms with van der Waals surface area (Å²) < 4.78 is 32.2. The summed E-state index contributed by atoms with van der Waals surface area (Å²) >= 11 is 0. The van der Waals surface area contributed by atoms with Crippen LogP contribution in [0.3, 0.4) is 0 Å². The number of amides is 1. The number of rotatable bonds is 10. The van der Waals surface area contributed by atoms with Crippen LogP contribution in [0, 0.1) is 10.1 Å². The SMILES string of the molecule is CCCN(CCC)S(=O)(=O)c1ccc(C(=O)Nc2ccc([N+](=O)[O-])cc2OC)cc1. The Morgan fingerprint density at radius 1 is 1.10 bits per heavy atom. The second-order valence-corrected chi connectivity index (χ2v) is 8.46. The van der Waals surface area contributed by atoms with Crippen LogP contribution in [-0.2, 0) is 10.0 Å². The number of nitrogens with zero attached hydrogens (tertiary/aromatic N) is 2. The van der Waals surface area contributed by atoms with Crippen molar-refractivity contribution in [2.24, 2.45) is 0 Å². The van der Waals surface area contributed by atoms with Gasteiger partial charge in [0, 0.05) is 24.7 Å². The molecule has 162 valence electrons. The Hall–Kier alpha value is -2.98. The topological polar surface area (TPSA) is 119 Å². The summed E-state index contributed by atoms with van der Waals surface area (Å²) in [5, 5.41) is 13.5.